The number of fused-ring (bicyclic) bond motifs is 1. The molecule has 0 bridgehead atoms. The minimum atomic E-state index is -0.352. The van der Waals surface area contributed by atoms with Crippen molar-refractivity contribution < 1.29 is 14.6 Å². The molecule has 4 heteroatoms. The first-order chi connectivity index (χ1) is 13.4. The summed E-state index contributed by atoms with van der Waals surface area (Å²) in [6, 6.07) is 11.8. The minimum absolute atomic E-state index is 0.0702. The van der Waals surface area contributed by atoms with Crippen molar-refractivity contribution in [2.75, 3.05) is 0 Å². The molecule has 0 saturated carbocycles. The molecule has 2 N–H and O–H groups in total. The summed E-state index contributed by atoms with van der Waals surface area (Å²) < 4.78 is 5.99. The van der Waals surface area contributed by atoms with Gasteiger partial charge >= 0.3 is 0 Å². The fourth-order valence-electron chi connectivity index (χ4n) is 3.11. The topological polar surface area (TPSA) is 70.7 Å². The number of phenolic OH excluding ortho intramolecular Hbond substituents is 2. The lowest BCUT2D eigenvalue weighted by molar-refractivity contribution is 0.451. The van der Waals surface area contributed by atoms with E-state index < -0.39 is 0 Å². The number of hydrogen-bond donors (Lipinski definition) is 2. The first-order valence-electron chi connectivity index (χ1n) is 9.25. The van der Waals surface area contributed by atoms with Crippen LogP contribution in [0.25, 0.3) is 28.4 Å². The van der Waals surface area contributed by atoms with E-state index in [-0.39, 0.29) is 27.9 Å². The Kier molecular flexibility index (Phi) is 5.69. The van der Waals surface area contributed by atoms with E-state index in [0.29, 0.717) is 11.3 Å². The summed E-state index contributed by atoms with van der Waals surface area (Å²) >= 11 is 0. The predicted octanol–water partition coefficient (Wildman–Crippen LogP) is 6.02. The molecule has 3 rings (SSSR count). The third kappa shape index (κ3) is 4.17. The van der Waals surface area contributed by atoms with E-state index in [0.717, 1.165) is 24.0 Å². The molecule has 3 aromatic rings. The van der Waals surface area contributed by atoms with E-state index in [2.05, 4.69) is 19.9 Å². The van der Waals surface area contributed by atoms with Crippen LogP contribution in [0.4, 0.5) is 0 Å². The van der Waals surface area contributed by atoms with Crippen LogP contribution in [0.1, 0.15) is 39.2 Å². The monoisotopic (exact) mass is 376 g/mol. The lowest BCUT2D eigenvalue weighted by Crippen LogP contribution is -2.02. The van der Waals surface area contributed by atoms with Gasteiger partial charge in [-0.25, -0.2) is 0 Å². The molecule has 1 heterocycles. The van der Waals surface area contributed by atoms with Crippen molar-refractivity contribution >= 4 is 17.0 Å². The second-order valence-electron chi connectivity index (χ2n) is 7.18. The Morgan fingerprint density at radius 1 is 1.04 bits per heavy atom. The summed E-state index contributed by atoms with van der Waals surface area (Å²) in [6.07, 6.45) is 5.67. The molecule has 0 saturated heterocycles. The number of aromatic hydroxyl groups is 2. The smallest absolute Gasteiger partial charge is 0.197 e. The predicted molar refractivity (Wildman–Crippen MR) is 114 cm³/mol. The lowest BCUT2D eigenvalue weighted by Gasteiger charge is -2.10. The average Bonchev–Trinajstić information content (AvgIpc) is 2.64. The zero-order valence-corrected chi connectivity index (χ0v) is 16.3. The maximum atomic E-state index is 12.7. The van der Waals surface area contributed by atoms with E-state index in [1.54, 1.807) is 0 Å². The average molecular weight is 376 g/mol. The van der Waals surface area contributed by atoms with Gasteiger partial charge in [-0.3, -0.25) is 4.79 Å². The van der Waals surface area contributed by atoms with Gasteiger partial charge in [0.05, 0.1) is 5.56 Å². The van der Waals surface area contributed by atoms with Crippen LogP contribution in [0.5, 0.6) is 11.5 Å². The van der Waals surface area contributed by atoms with Crippen LogP contribution >= 0.6 is 0 Å². The highest BCUT2D eigenvalue weighted by molar-refractivity contribution is 5.93. The van der Waals surface area contributed by atoms with Crippen LogP contribution in [0.3, 0.4) is 0 Å². The Labute approximate surface area is 164 Å². The van der Waals surface area contributed by atoms with Crippen molar-refractivity contribution in [2.24, 2.45) is 0 Å². The maximum absolute atomic E-state index is 12.7. The lowest BCUT2D eigenvalue weighted by atomic mass is 10.0. The van der Waals surface area contributed by atoms with Crippen LogP contribution in [0, 0.1) is 0 Å². The van der Waals surface area contributed by atoms with Gasteiger partial charge in [0.1, 0.15) is 22.6 Å². The van der Waals surface area contributed by atoms with E-state index >= 15 is 0 Å². The third-order valence-electron chi connectivity index (χ3n) is 4.54. The summed E-state index contributed by atoms with van der Waals surface area (Å²) in [5, 5.41) is 20.7. The maximum Gasteiger partial charge on any atom is 0.197 e. The summed E-state index contributed by atoms with van der Waals surface area (Å²) in [7, 11) is 0. The Bertz CT molecular complexity index is 1110. The third-order valence-corrected chi connectivity index (χ3v) is 4.54. The van der Waals surface area contributed by atoms with Crippen LogP contribution in [0.15, 0.2) is 68.9 Å². The molecule has 0 fully saturated rings. The van der Waals surface area contributed by atoms with Crippen molar-refractivity contribution in [3.63, 3.8) is 0 Å². The number of phenols is 2. The van der Waals surface area contributed by atoms with Gasteiger partial charge in [0, 0.05) is 17.7 Å². The fourth-order valence-corrected chi connectivity index (χ4v) is 3.11. The van der Waals surface area contributed by atoms with E-state index in [1.165, 1.54) is 17.7 Å². The van der Waals surface area contributed by atoms with Gasteiger partial charge < -0.3 is 14.6 Å². The van der Waals surface area contributed by atoms with E-state index in [9.17, 15) is 15.0 Å². The second kappa shape index (κ2) is 8.17. The largest absolute Gasteiger partial charge is 0.507 e. The molecule has 0 unspecified atom stereocenters. The standard InChI is InChI=1S/C24H24O4/c1-15(2)8-7-9-16(3)12-18-19(25)13-20(26)23-21(27)14-22(28-24(18)23)17-10-5-4-6-11-17/h4-6,8,10-14,25-26H,7,9H2,1-3H3/b16-12+. The second-order valence-corrected chi connectivity index (χ2v) is 7.18. The number of rotatable bonds is 5. The molecule has 1 aromatic heterocycles. The molecule has 28 heavy (non-hydrogen) atoms. The van der Waals surface area contributed by atoms with E-state index in [1.807, 2.05) is 43.3 Å². The van der Waals surface area contributed by atoms with E-state index in [4.69, 9.17) is 4.42 Å². The van der Waals surface area contributed by atoms with Crippen LogP contribution in [-0.2, 0) is 0 Å². The number of allylic oxidation sites excluding steroid dienone is 3. The normalized spacial score (nSPS) is 11.6. The molecule has 0 atom stereocenters. The highest BCUT2D eigenvalue weighted by Gasteiger charge is 2.17. The van der Waals surface area contributed by atoms with Gasteiger partial charge in [0.25, 0.3) is 0 Å². The van der Waals surface area contributed by atoms with Gasteiger partial charge in [-0.1, -0.05) is 47.6 Å². The molecule has 2 aromatic carbocycles. The highest BCUT2D eigenvalue weighted by atomic mass is 16.3. The molecule has 144 valence electrons. The first-order valence-corrected chi connectivity index (χ1v) is 9.25. The molecule has 0 spiro atoms. The first kappa shape index (κ1) is 19.5. The quantitative estimate of drug-likeness (QED) is 0.534. The van der Waals surface area contributed by atoms with Crippen LogP contribution in [0.2, 0.25) is 0 Å². The molecule has 0 aliphatic carbocycles. The molecular weight excluding hydrogens is 352 g/mol. The van der Waals surface area contributed by atoms with Crippen LogP contribution < -0.4 is 5.43 Å². The summed E-state index contributed by atoms with van der Waals surface area (Å²) in [5.74, 6) is -0.0277. The Balaban J connectivity index is 2.18. The highest BCUT2D eigenvalue weighted by Crippen LogP contribution is 2.36. The Morgan fingerprint density at radius 2 is 1.75 bits per heavy atom. The van der Waals surface area contributed by atoms with Gasteiger partial charge in [-0.2, -0.15) is 0 Å². The fraction of sp³-hybridized carbons (Fsp3) is 0.208. The summed E-state index contributed by atoms with van der Waals surface area (Å²) in [4.78, 5) is 12.7. The number of hydrogen-bond acceptors (Lipinski definition) is 4. The van der Waals surface area contributed by atoms with Crippen molar-refractivity contribution in [2.45, 2.75) is 33.6 Å². The molecule has 0 aliphatic heterocycles. The minimum Gasteiger partial charge on any atom is -0.507 e. The molecule has 0 amide bonds. The molecule has 0 aliphatic rings. The molecule has 0 radical (unpaired) electrons. The van der Waals surface area contributed by atoms with Gasteiger partial charge in [-0.15, -0.1) is 0 Å². The SMILES string of the molecule is CC(C)=CCC/C(C)=C/c1c(O)cc(O)c2c(=O)cc(-c3ccccc3)oc12. The van der Waals surface area contributed by atoms with Crippen molar-refractivity contribution in [1.29, 1.82) is 0 Å². The van der Waals surface area contributed by atoms with Gasteiger partial charge in [0.15, 0.2) is 11.0 Å². The van der Waals surface area contributed by atoms with Crippen molar-refractivity contribution in [1.82, 2.24) is 0 Å². The summed E-state index contributed by atoms with van der Waals surface area (Å²) in [5.41, 5.74) is 3.27. The molecular formula is C24H24O4. The van der Waals surface area contributed by atoms with Gasteiger partial charge in [0.2, 0.25) is 0 Å². The zero-order valence-electron chi connectivity index (χ0n) is 16.3. The van der Waals surface area contributed by atoms with Crippen LogP contribution in [-0.4, -0.2) is 10.2 Å². The molecule has 4 nitrogen and oxygen atoms in total. The Hall–Kier alpha value is -3.27. The van der Waals surface area contributed by atoms with Crippen molar-refractivity contribution in [3.8, 4) is 22.8 Å². The number of benzene rings is 2. The Morgan fingerprint density at radius 3 is 2.43 bits per heavy atom. The summed E-state index contributed by atoms with van der Waals surface area (Å²) in [6.45, 7) is 6.08. The van der Waals surface area contributed by atoms with Gasteiger partial charge in [-0.05, 0) is 39.7 Å². The zero-order chi connectivity index (χ0) is 20.3. The van der Waals surface area contributed by atoms with Crippen molar-refractivity contribution in [3.05, 3.63) is 75.5 Å².